The fraction of sp³-hybridized carbons (Fsp3) is 0.345. The first kappa shape index (κ1) is 25.0. The second kappa shape index (κ2) is 10.4. The Bertz CT molecular complexity index is 1540. The second-order valence-corrected chi connectivity index (χ2v) is 10.3. The van der Waals surface area contributed by atoms with Crippen LogP contribution >= 0.6 is 11.3 Å². The number of anilines is 1. The number of carbonyl (C=O) groups is 1. The number of benzene rings is 2. The molecule has 1 fully saturated rings. The van der Waals surface area contributed by atoms with Crippen molar-refractivity contribution in [2.45, 2.75) is 39.7 Å². The molecule has 7 nitrogen and oxygen atoms in total. The minimum atomic E-state index is -0.637. The van der Waals surface area contributed by atoms with E-state index in [-0.39, 0.29) is 12.2 Å². The minimum Gasteiger partial charge on any atom is -0.497 e. The Kier molecular flexibility index (Phi) is 7.02. The third kappa shape index (κ3) is 4.73. The molecule has 1 aromatic heterocycles. The zero-order valence-electron chi connectivity index (χ0n) is 21.6. The maximum absolute atomic E-state index is 13.8. The van der Waals surface area contributed by atoms with Crippen LogP contribution in [0.2, 0.25) is 0 Å². The number of hydrogen-bond donors (Lipinski definition) is 0. The van der Waals surface area contributed by atoms with Crippen molar-refractivity contribution < 1.29 is 14.3 Å². The van der Waals surface area contributed by atoms with E-state index >= 15 is 0 Å². The first-order valence-corrected chi connectivity index (χ1v) is 13.4. The molecular formula is C29H31N3O4S. The Labute approximate surface area is 220 Å². The van der Waals surface area contributed by atoms with Gasteiger partial charge in [-0.2, -0.15) is 0 Å². The van der Waals surface area contributed by atoms with Crippen molar-refractivity contribution >= 4 is 29.1 Å². The van der Waals surface area contributed by atoms with Gasteiger partial charge in [-0.15, -0.1) is 0 Å². The molecule has 0 amide bonds. The zero-order valence-corrected chi connectivity index (χ0v) is 22.4. The summed E-state index contributed by atoms with van der Waals surface area (Å²) >= 11 is 1.34. The van der Waals surface area contributed by atoms with E-state index < -0.39 is 12.0 Å². The number of hydrogen-bond acceptors (Lipinski definition) is 7. The number of fused-ring (bicyclic) bond motifs is 1. The van der Waals surface area contributed by atoms with E-state index in [0.29, 0.717) is 26.4 Å². The van der Waals surface area contributed by atoms with Crippen LogP contribution in [0, 0.1) is 6.92 Å². The first-order valence-electron chi connectivity index (χ1n) is 12.6. The van der Waals surface area contributed by atoms with E-state index in [9.17, 15) is 9.59 Å². The van der Waals surface area contributed by atoms with Gasteiger partial charge in [0.1, 0.15) is 5.75 Å². The van der Waals surface area contributed by atoms with Crippen LogP contribution in [0.3, 0.4) is 0 Å². The fourth-order valence-corrected chi connectivity index (χ4v) is 6.07. The molecule has 2 aliphatic rings. The summed E-state index contributed by atoms with van der Waals surface area (Å²) < 4.78 is 12.9. The highest BCUT2D eigenvalue weighted by Crippen LogP contribution is 2.31. The molecule has 3 aromatic rings. The Morgan fingerprint density at radius 2 is 1.86 bits per heavy atom. The summed E-state index contributed by atoms with van der Waals surface area (Å²) in [7, 11) is 1.60. The van der Waals surface area contributed by atoms with Gasteiger partial charge in [0, 0.05) is 18.8 Å². The lowest BCUT2D eigenvalue weighted by Crippen LogP contribution is -2.39. The highest BCUT2D eigenvalue weighted by Gasteiger charge is 2.33. The third-order valence-corrected chi connectivity index (χ3v) is 7.94. The van der Waals surface area contributed by atoms with E-state index in [2.05, 4.69) is 35.0 Å². The van der Waals surface area contributed by atoms with Crippen molar-refractivity contribution in [3.8, 4) is 5.75 Å². The smallest absolute Gasteiger partial charge is 0.338 e. The number of aryl methyl sites for hydroxylation is 1. The van der Waals surface area contributed by atoms with Crippen LogP contribution in [0.1, 0.15) is 49.4 Å². The van der Waals surface area contributed by atoms with Gasteiger partial charge in [-0.3, -0.25) is 9.36 Å². The van der Waals surface area contributed by atoms with Crippen molar-refractivity contribution in [1.82, 2.24) is 4.57 Å². The summed E-state index contributed by atoms with van der Waals surface area (Å²) in [6, 6.07) is 13.2. The largest absolute Gasteiger partial charge is 0.497 e. The van der Waals surface area contributed by atoms with Crippen molar-refractivity contribution in [2.75, 3.05) is 31.7 Å². The van der Waals surface area contributed by atoms with Gasteiger partial charge in [-0.05, 0) is 80.6 Å². The van der Waals surface area contributed by atoms with E-state index in [0.717, 1.165) is 29.8 Å². The average Bonchev–Trinajstić information content (AvgIpc) is 3.53. The second-order valence-electron chi connectivity index (χ2n) is 9.31. The van der Waals surface area contributed by atoms with Gasteiger partial charge in [0.05, 0.1) is 35.6 Å². The molecule has 8 heteroatoms. The van der Waals surface area contributed by atoms with Crippen LogP contribution in [0.5, 0.6) is 5.75 Å². The maximum atomic E-state index is 13.8. The molecular weight excluding hydrogens is 486 g/mol. The first-order chi connectivity index (χ1) is 17.9. The van der Waals surface area contributed by atoms with Gasteiger partial charge in [-0.25, -0.2) is 9.79 Å². The number of nitrogens with zero attached hydrogens (tertiary/aromatic N) is 3. The fourth-order valence-electron chi connectivity index (χ4n) is 5.03. The summed E-state index contributed by atoms with van der Waals surface area (Å²) in [5, 5.41) is 0. The topological polar surface area (TPSA) is 73.1 Å². The third-order valence-electron chi connectivity index (χ3n) is 6.96. The molecule has 192 valence electrons. The molecule has 0 spiro atoms. The number of ether oxygens (including phenoxy) is 2. The van der Waals surface area contributed by atoms with E-state index in [1.54, 1.807) is 25.5 Å². The van der Waals surface area contributed by atoms with Crippen LogP contribution < -0.4 is 24.5 Å². The predicted octanol–water partition coefficient (Wildman–Crippen LogP) is 3.72. The summed E-state index contributed by atoms with van der Waals surface area (Å²) in [6.07, 6.45) is 4.39. The number of aromatic nitrogens is 1. The number of thiazole rings is 1. The normalized spacial score (nSPS) is 17.6. The quantitative estimate of drug-likeness (QED) is 0.466. The Morgan fingerprint density at radius 1 is 1.14 bits per heavy atom. The van der Waals surface area contributed by atoms with Gasteiger partial charge in [-0.1, -0.05) is 29.5 Å². The van der Waals surface area contributed by atoms with Crippen LogP contribution in [0.25, 0.3) is 6.08 Å². The van der Waals surface area contributed by atoms with Crippen LogP contribution in [0.4, 0.5) is 5.69 Å². The zero-order chi connectivity index (χ0) is 26.1. The molecule has 37 heavy (non-hydrogen) atoms. The van der Waals surface area contributed by atoms with Crippen LogP contribution in [-0.2, 0) is 9.53 Å². The molecule has 0 aliphatic carbocycles. The van der Waals surface area contributed by atoms with Gasteiger partial charge in [0.25, 0.3) is 5.56 Å². The average molecular weight is 518 g/mol. The lowest BCUT2D eigenvalue weighted by atomic mass is 9.96. The highest BCUT2D eigenvalue weighted by atomic mass is 32.1. The van der Waals surface area contributed by atoms with Crippen molar-refractivity contribution in [3.05, 3.63) is 90.1 Å². The monoisotopic (exact) mass is 517 g/mol. The molecule has 0 radical (unpaired) electrons. The summed E-state index contributed by atoms with van der Waals surface area (Å²) in [6.45, 7) is 8.05. The van der Waals surface area contributed by atoms with Gasteiger partial charge in [0.15, 0.2) is 4.80 Å². The van der Waals surface area contributed by atoms with E-state index in [4.69, 9.17) is 9.47 Å². The van der Waals surface area contributed by atoms with Crippen LogP contribution in [0.15, 0.2) is 63.5 Å². The standard InChI is InChI=1S/C29H31N3O4S/c1-5-36-28(34)25-19(3)30-29-32(26(25)20-9-12-23(35-4)13-10-20)27(33)24(37-29)17-21-8-11-22(16-18(21)2)31-14-6-7-15-31/h8-13,16-17,26H,5-7,14-15H2,1-4H3/b24-17+/t26-/m0/s1. The SMILES string of the molecule is CCOC(=O)C1=C(C)N=c2s/c(=C/c3ccc(N4CCCC4)cc3C)c(=O)n2[C@H]1c1ccc(OC)cc1. The lowest BCUT2D eigenvalue weighted by molar-refractivity contribution is -0.139. The Balaban J connectivity index is 1.63. The van der Waals surface area contributed by atoms with E-state index in [1.807, 2.05) is 30.3 Å². The number of carbonyl (C=O) groups excluding carboxylic acids is 1. The number of esters is 1. The Morgan fingerprint density at radius 3 is 2.51 bits per heavy atom. The maximum Gasteiger partial charge on any atom is 0.338 e. The van der Waals surface area contributed by atoms with Gasteiger partial charge in [0.2, 0.25) is 0 Å². The summed E-state index contributed by atoms with van der Waals surface area (Å²) in [5.41, 5.74) is 4.87. The Hall–Kier alpha value is -3.65. The summed E-state index contributed by atoms with van der Waals surface area (Å²) in [5.74, 6) is 0.231. The van der Waals surface area contributed by atoms with Gasteiger partial charge < -0.3 is 14.4 Å². The lowest BCUT2D eigenvalue weighted by Gasteiger charge is -2.24. The molecule has 1 saturated heterocycles. The predicted molar refractivity (Wildman–Crippen MR) is 146 cm³/mol. The van der Waals surface area contributed by atoms with E-state index in [1.165, 1.54) is 29.9 Å². The molecule has 2 aromatic carbocycles. The van der Waals surface area contributed by atoms with Crippen molar-refractivity contribution in [2.24, 2.45) is 4.99 Å². The van der Waals surface area contributed by atoms with Crippen molar-refractivity contribution in [1.29, 1.82) is 0 Å². The minimum absolute atomic E-state index is 0.179. The number of rotatable bonds is 6. The molecule has 0 unspecified atom stereocenters. The number of allylic oxidation sites excluding steroid dienone is 1. The van der Waals surface area contributed by atoms with Crippen molar-refractivity contribution in [3.63, 3.8) is 0 Å². The molecule has 0 saturated carbocycles. The summed E-state index contributed by atoms with van der Waals surface area (Å²) in [4.78, 5) is 34.5. The molecule has 1 atom stereocenters. The highest BCUT2D eigenvalue weighted by molar-refractivity contribution is 7.07. The van der Waals surface area contributed by atoms with Crippen LogP contribution in [-0.4, -0.2) is 37.3 Å². The molecule has 3 heterocycles. The number of methoxy groups -OCH3 is 1. The molecule has 0 bridgehead atoms. The molecule has 2 aliphatic heterocycles. The molecule has 5 rings (SSSR count). The molecule has 0 N–H and O–H groups in total. The van der Waals surface area contributed by atoms with Gasteiger partial charge >= 0.3 is 5.97 Å².